The number of amides is 1. The second kappa shape index (κ2) is 5.34. The molecule has 0 aliphatic carbocycles. The van der Waals surface area contributed by atoms with Crippen LogP contribution < -0.4 is 4.90 Å². The average molecular weight is 284 g/mol. The number of aryl methyl sites for hydroxylation is 1. The van der Waals surface area contributed by atoms with Crippen LogP contribution in [0, 0.1) is 0 Å². The van der Waals surface area contributed by atoms with Crippen molar-refractivity contribution >= 4 is 11.8 Å². The molecule has 0 N–H and O–H groups in total. The first-order valence-electron chi connectivity index (χ1n) is 6.56. The fourth-order valence-corrected chi connectivity index (χ4v) is 2.09. The van der Waals surface area contributed by atoms with Crippen molar-refractivity contribution in [3.05, 3.63) is 23.5 Å². The van der Waals surface area contributed by atoms with Gasteiger partial charge in [0.15, 0.2) is 0 Å². The number of nitrogens with zero attached hydrogens (tertiary/aromatic N) is 2. The second-order valence-electron chi connectivity index (χ2n) is 5.74. The van der Waals surface area contributed by atoms with Crippen LogP contribution in [0.1, 0.15) is 45.0 Å². The van der Waals surface area contributed by atoms with Crippen molar-refractivity contribution < 1.29 is 18.3 Å². The largest absolute Gasteiger partial charge is 0.443 e. The van der Waals surface area contributed by atoms with Crippen LogP contribution in [0.3, 0.4) is 0 Å². The Morgan fingerprint density at radius 1 is 1.40 bits per heavy atom. The zero-order chi connectivity index (χ0) is 14.9. The van der Waals surface area contributed by atoms with E-state index >= 15 is 0 Å². The molecule has 6 heteroatoms. The molecule has 0 aromatic carbocycles. The van der Waals surface area contributed by atoms with Crippen LogP contribution in [0.5, 0.6) is 0 Å². The fourth-order valence-electron chi connectivity index (χ4n) is 2.09. The second-order valence-corrected chi connectivity index (χ2v) is 5.74. The SMILES string of the molecule is CC(C)(C)OC(=O)N1CCCc2nc(C(F)F)ccc21. The molecule has 1 amide bonds. The first-order valence-corrected chi connectivity index (χ1v) is 6.56. The fraction of sp³-hybridized carbons (Fsp3) is 0.571. The number of hydrogen-bond donors (Lipinski definition) is 0. The normalized spacial score (nSPS) is 15.2. The summed E-state index contributed by atoms with van der Waals surface area (Å²) in [5, 5.41) is 0. The summed E-state index contributed by atoms with van der Waals surface area (Å²) in [6.45, 7) is 5.87. The number of anilines is 1. The highest BCUT2D eigenvalue weighted by atomic mass is 19.3. The molecule has 0 spiro atoms. The Morgan fingerprint density at radius 2 is 2.10 bits per heavy atom. The van der Waals surface area contributed by atoms with Crippen LogP contribution in [0.2, 0.25) is 0 Å². The van der Waals surface area contributed by atoms with Gasteiger partial charge in [-0.1, -0.05) is 0 Å². The lowest BCUT2D eigenvalue weighted by Crippen LogP contribution is -2.40. The summed E-state index contributed by atoms with van der Waals surface area (Å²) in [5.74, 6) is 0. The number of aromatic nitrogens is 1. The van der Waals surface area contributed by atoms with Gasteiger partial charge in [-0.2, -0.15) is 0 Å². The summed E-state index contributed by atoms with van der Waals surface area (Å²) < 4.78 is 30.6. The van der Waals surface area contributed by atoms with Crippen LogP contribution in [-0.2, 0) is 11.2 Å². The lowest BCUT2D eigenvalue weighted by molar-refractivity contribution is 0.0577. The number of carbonyl (C=O) groups excluding carboxylic acids is 1. The Hall–Kier alpha value is -1.72. The maximum Gasteiger partial charge on any atom is 0.414 e. The van der Waals surface area contributed by atoms with Crippen LogP contribution in [0.4, 0.5) is 19.3 Å². The topological polar surface area (TPSA) is 42.4 Å². The lowest BCUT2D eigenvalue weighted by atomic mass is 10.1. The summed E-state index contributed by atoms with van der Waals surface area (Å²) in [5.41, 5.74) is 0.245. The molecule has 2 rings (SSSR count). The molecule has 1 aromatic rings. The molecule has 0 unspecified atom stereocenters. The van der Waals surface area contributed by atoms with Crippen LogP contribution in [0.25, 0.3) is 0 Å². The van der Waals surface area contributed by atoms with Crippen molar-refractivity contribution in [1.29, 1.82) is 0 Å². The van der Waals surface area contributed by atoms with Gasteiger partial charge in [0.25, 0.3) is 6.43 Å². The minimum Gasteiger partial charge on any atom is -0.443 e. The molecule has 4 nitrogen and oxygen atoms in total. The zero-order valence-electron chi connectivity index (χ0n) is 11.8. The van der Waals surface area contributed by atoms with Gasteiger partial charge in [0.1, 0.15) is 11.3 Å². The van der Waals surface area contributed by atoms with Gasteiger partial charge in [-0.05, 0) is 45.7 Å². The molecule has 1 aliphatic rings. The summed E-state index contributed by atoms with van der Waals surface area (Å²) in [6.07, 6.45) is -1.79. The predicted octanol–water partition coefficient (Wildman–Crippen LogP) is 3.71. The van der Waals surface area contributed by atoms with Crippen molar-refractivity contribution in [2.45, 2.75) is 45.6 Å². The maximum absolute atomic E-state index is 12.6. The van der Waals surface area contributed by atoms with E-state index in [0.29, 0.717) is 30.8 Å². The highest BCUT2D eigenvalue weighted by molar-refractivity contribution is 5.89. The molecule has 20 heavy (non-hydrogen) atoms. The minimum absolute atomic E-state index is 0.255. The van der Waals surface area contributed by atoms with E-state index in [-0.39, 0.29) is 5.69 Å². The van der Waals surface area contributed by atoms with Gasteiger partial charge in [0, 0.05) is 6.54 Å². The minimum atomic E-state index is -2.60. The van der Waals surface area contributed by atoms with Gasteiger partial charge in [-0.15, -0.1) is 0 Å². The lowest BCUT2D eigenvalue weighted by Gasteiger charge is -2.31. The van der Waals surface area contributed by atoms with E-state index in [0.717, 1.165) is 0 Å². The molecule has 2 heterocycles. The molecule has 0 atom stereocenters. The van der Waals surface area contributed by atoms with Gasteiger partial charge in [-0.3, -0.25) is 4.90 Å². The van der Waals surface area contributed by atoms with Crippen LogP contribution >= 0.6 is 0 Å². The Balaban J connectivity index is 2.27. The number of fused-ring (bicyclic) bond motifs is 1. The van der Waals surface area contributed by atoms with E-state index in [1.165, 1.54) is 17.0 Å². The zero-order valence-corrected chi connectivity index (χ0v) is 11.8. The monoisotopic (exact) mass is 284 g/mol. The number of alkyl halides is 2. The van der Waals surface area contributed by atoms with Crippen LogP contribution in [-0.4, -0.2) is 23.2 Å². The first kappa shape index (κ1) is 14.7. The Morgan fingerprint density at radius 3 is 2.70 bits per heavy atom. The third-order valence-corrected chi connectivity index (χ3v) is 2.90. The van der Waals surface area contributed by atoms with Gasteiger partial charge < -0.3 is 4.74 Å². The smallest absolute Gasteiger partial charge is 0.414 e. The molecule has 0 fully saturated rings. The average Bonchev–Trinajstić information content (AvgIpc) is 2.35. The van der Waals surface area contributed by atoms with E-state index in [9.17, 15) is 13.6 Å². The number of ether oxygens (including phenoxy) is 1. The standard InChI is InChI=1S/C14H18F2N2O2/c1-14(2,3)20-13(19)18-8-4-5-9-11(18)7-6-10(17-9)12(15)16/h6-7,12H,4-5,8H2,1-3H3. The molecule has 0 saturated heterocycles. The van der Waals surface area contributed by atoms with Gasteiger partial charge in [0.05, 0.1) is 11.4 Å². The van der Waals surface area contributed by atoms with Crippen molar-refractivity contribution in [2.75, 3.05) is 11.4 Å². The van der Waals surface area contributed by atoms with Gasteiger partial charge in [0.2, 0.25) is 0 Å². The van der Waals surface area contributed by atoms with E-state index in [4.69, 9.17) is 4.74 Å². The van der Waals surface area contributed by atoms with E-state index in [1.54, 1.807) is 20.8 Å². The molecule has 0 bridgehead atoms. The van der Waals surface area contributed by atoms with E-state index in [2.05, 4.69) is 4.98 Å². The first-order chi connectivity index (χ1) is 9.28. The van der Waals surface area contributed by atoms with Gasteiger partial charge in [-0.25, -0.2) is 18.6 Å². The van der Waals surface area contributed by atoms with Crippen molar-refractivity contribution in [1.82, 2.24) is 4.98 Å². The Kier molecular flexibility index (Phi) is 3.92. The number of rotatable bonds is 1. The Bertz CT molecular complexity index is 512. The van der Waals surface area contributed by atoms with Gasteiger partial charge >= 0.3 is 6.09 Å². The number of halogens is 2. The van der Waals surface area contributed by atoms with Crippen molar-refractivity contribution in [3.8, 4) is 0 Å². The highest BCUT2D eigenvalue weighted by Crippen LogP contribution is 2.29. The van der Waals surface area contributed by atoms with E-state index in [1.807, 2.05) is 0 Å². The van der Waals surface area contributed by atoms with Crippen LogP contribution in [0.15, 0.2) is 12.1 Å². The number of hydrogen-bond acceptors (Lipinski definition) is 3. The summed E-state index contributed by atoms with van der Waals surface area (Å²) in [7, 11) is 0. The molecule has 0 saturated carbocycles. The highest BCUT2D eigenvalue weighted by Gasteiger charge is 2.28. The summed E-state index contributed by atoms with van der Waals surface area (Å²) in [6, 6.07) is 2.78. The Labute approximate surface area is 116 Å². The summed E-state index contributed by atoms with van der Waals surface area (Å²) >= 11 is 0. The maximum atomic E-state index is 12.6. The number of pyridine rings is 1. The van der Waals surface area contributed by atoms with Crippen molar-refractivity contribution in [3.63, 3.8) is 0 Å². The third-order valence-electron chi connectivity index (χ3n) is 2.90. The molecule has 1 aliphatic heterocycles. The molecular formula is C14H18F2N2O2. The molecule has 0 radical (unpaired) electrons. The molecular weight excluding hydrogens is 266 g/mol. The molecule has 110 valence electrons. The third kappa shape index (κ3) is 3.23. The predicted molar refractivity (Wildman–Crippen MR) is 71.1 cm³/mol. The molecule has 1 aromatic heterocycles. The quantitative estimate of drug-likeness (QED) is 0.789. The van der Waals surface area contributed by atoms with E-state index < -0.39 is 18.1 Å². The van der Waals surface area contributed by atoms with Crippen molar-refractivity contribution in [2.24, 2.45) is 0 Å². The summed E-state index contributed by atoms with van der Waals surface area (Å²) in [4.78, 5) is 17.5. The number of carbonyl (C=O) groups is 1.